The lowest BCUT2D eigenvalue weighted by molar-refractivity contribution is -0.130. The lowest BCUT2D eigenvalue weighted by atomic mass is 10.1. The van der Waals surface area contributed by atoms with E-state index in [4.69, 9.17) is 9.47 Å². The number of amides is 4. The topological polar surface area (TPSA) is 97.0 Å². The highest BCUT2D eigenvalue weighted by molar-refractivity contribution is 6.06. The van der Waals surface area contributed by atoms with Crippen LogP contribution < -0.4 is 20.1 Å². The molecule has 2 aliphatic heterocycles. The van der Waals surface area contributed by atoms with Crippen molar-refractivity contribution in [2.75, 3.05) is 11.9 Å². The van der Waals surface area contributed by atoms with Gasteiger partial charge in [-0.1, -0.05) is 0 Å². The molecule has 3 aliphatic rings. The summed E-state index contributed by atoms with van der Waals surface area (Å²) in [6, 6.07) is 4.82. The Morgan fingerprint density at radius 3 is 2.56 bits per heavy atom. The minimum atomic E-state index is -0.929. The number of ether oxygens (including phenoxy) is 2. The summed E-state index contributed by atoms with van der Waals surface area (Å²) in [4.78, 5) is 37.3. The molecule has 4 amide bonds. The first-order chi connectivity index (χ1) is 12.8. The van der Waals surface area contributed by atoms with E-state index in [9.17, 15) is 14.4 Å². The fourth-order valence-electron chi connectivity index (χ4n) is 3.75. The van der Waals surface area contributed by atoms with Gasteiger partial charge >= 0.3 is 6.03 Å². The second-order valence-electron chi connectivity index (χ2n) is 7.79. The van der Waals surface area contributed by atoms with Crippen LogP contribution in [-0.4, -0.2) is 40.6 Å². The lowest BCUT2D eigenvalue weighted by Gasteiger charge is -2.21. The van der Waals surface area contributed by atoms with E-state index in [0.717, 1.165) is 30.6 Å². The number of carbonyl (C=O) groups is 3. The Hall–Kier alpha value is -2.77. The number of imide groups is 1. The quantitative estimate of drug-likeness (QED) is 0.790. The molecule has 0 aromatic heterocycles. The largest absolute Gasteiger partial charge is 0.448 e. The second-order valence-corrected chi connectivity index (χ2v) is 7.79. The summed E-state index contributed by atoms with van der Waals surface area (Å²) in [5.41, 5.74) is -0.337. The average Bonchev–Trinajstić information content (AvgIpc) is 3.24. The maximum Gasteiger partial charge on any atom is 0.325 e. The molecule has 4 rings (SSSR count). The summed E-state index contributed by atoms with van der Waals surface area (Å²) < 4.78 is 11.9. The third-order valence-electron chi connectivity index (χ3n) is 5.19. The maximum atomic E-state index is 12.2. The SMILES string of the molecule is CC1(C)NC(=O)N(CCC(=O)Nc2ccc3c(c2)OC2(CCCC2)O3)C1=O. The Balaban J connectivity index is 1.35. The van der Waals surface area contributed by atoms with Crippen molar-refractivity contribution in [2.45, 2.75) is 57.3 Å². The number of nitrogens with one attached hydrogen (secondary N) is 2. The lowest BCUT2D eigenvalue weighted by Crippen LogP contribution is -2.40. The van der Waals surface area contributed by atoms with Crippen LogP contribution in [0.15, 0.2) is 18.2 Å². The highest BCUT2D eigenvalue weighted by Crippen LogP contribution is 2.47. The Bertz CT molecular complexity index is 814. The Morgan fingerprint density at radius 1 is 1.19 bits per heavy atom. The number of benzene rings is 1. The zero-order valence-electron chi connectivity index (χ0n) is 15.5. The van der Waals surface area contributed by atoms with Crippen LogP contribution in [0, 0.1) is 0 Å². The van der Waals surface area contributed by atoms with Crippen molar-refractivity contribution in [3.63, 3.8) is 0 Å². The van der Waals surface area contributed by atoms with E-state index in [1.165, 1.54) is 0 Å². The normalized spacial score (nSPS) is 21.6. The van der Waals surface area contributed by atoms with E-state index in [0.29, 0.717) is 17.2 Å². The van der Waals surface area contributed by atoms with Crippen molar-refractivity contribution in [3.8, 4) is 11.5 Å². The number of urea groups is 1. The molecule has 1 aromatic carbocycles. The number of hydrogen-bond acceptors (Lipinski definition) is 5. The molecule has 1 aromatic rings. The summed E-state index contributed by atoms with van der Waals surface area (Å²) in [5, 5.41) is 5.37. The van der Waals surface area contributed by atoms with Crippen LogP contribution in [-0.2, 0) is 9.59 Å². The highest BCUT2D eigenvalue weighted by atomic mass is 16.7. The number of hydrogen-bond donors (Lipinski definition) is 2. The standard InChI is InChI=1S/C19H23N3O5/c1-18(2)16(24)22(17(25)21-18)10-7-15(23)20-12-5-6-13-14(11-12)27-19(26-13)8-3-4-9-19/h5-6,11H,3-4,7-10H2,1-2H3,(H,20,23)(H,21,25). The molecule has 8 heteroatoms. The van der Waals surface area contributed by atoms with Gasteiger partial charge in [-0.25, -0.2) is 4.79 Å². The summed E-state index contributed by atoms with van der Waals surface area (Å²) in [7, 11) is 0. The van der Waals surface area contributed by atoms with Crippen LogP contribution in [0.25, 0.3) is 0 Å². The Morgan fingerprint density at radius 2 is 1.89 bits per heavy atom. The van der Waals surface area contributed by atoms with Crippen LogP contribution in [0.3, 0.4) is 0 Å². The zero-order chi connectivity index (χ0) is 19.2. The second kappa shape index (κ2) is 6.14. The Labute approximate surface area is 157 Å². The number of rotatable bonds is 4. The molecule has 2 fully saturated rings. The van der Waals surface area contributed by atoms with E-state index < -0.39 is 17.4 Å². The first-order valence-corrected chi connectivity index (χ1v) is 9.24. The molecule has 1 saturated carbocycles. The van der Waals surface area contributed by atoms with Crippen molar-refractivity contribution in [2.24, 2.45) is 0 Å². The number of nitrogens with zero attached hydrogens (tertiary/aromatic N) is 1. The fourth-order valence-corrected chi connectivity index (χ4v) is 3.75. The van der Waals surface area contributed by atoms with Crippen LogP contribution in [0.5, 0.6) is 11.5 Å². The van der Waals surface area contributed by atoms with Gasteiger partial charge in [0.05, 0.1) is 0 Å². The third kappa shape index (κ3) is 3.20. The molecule has 0 unspecified atom stereocenters. The van der Waals surface area contributed by atoms with Crippen molar-refractivity contribution >= 4 is 23.5 Å². The van der Waals surface area contributed by atoms with E-state index in [1.807, 2.05) is 0 Å². The number of anilines is 1. The first kappa shape index (κ1) is 17.6. The summed E-state index contributed by atoms with van der Waals surface area (Å²) in [6.45, 7) is 3.31. The van der Waals surface area contributed by atoms with Crippen LogP contribution in [0.1, 0.15) is 46.0 Å². The van der Waals surface area contributed by atoms with Gasteiger partial charge in [-0.15, -0.1) is 0 Å². The van der Waals surface area contributed by atoms with Crippen LogP contribution in [0.4, 0.5) is 10.5 Å². The van der Waals surface area contributed by atoms with E-state index in [2.05, 4.69) is 10.6 Å². The Kier molecular flexibility index (Phi) is 4.01. The van der Waals surface area contributed by atoms with Crippen molar-refractivity contribution in [3.05, 3.63) is 18.2 Å². The monoisotopic (exact) mass is 373 g/mol. The summed E-state index contributed by atoms with van der Waals surface area (Å²) in [6.07, 6.45) is 3.92. The smallest absolute Gasteiger partial charge is 0.325 e. The van der Waals surface area contributed by atoms with Crippen LogP contribution >= 0.6 is 0 Å². The van der Waals surface area contributed by atoms with E-state index >= 15 is 0 Å². The van der Waals surface area contributed by atoms with Gasteiger partial charge in [-0.2, -0.15) is 0 Å². The van der Waals surface area contributed by atoms with Gasteiger partial charge < -0.3 is 20.1 Å². The molecule has 144 valence electrons. The average molecular weight is 373 g/mol. The van der Waals surface area contributed by atoms with Gasteiger partial charge in [0.1, 0.15) is 5.54 Å². The van der Waals surface area contributed by atoms with Gasteiger partial charge in [0.2, 0.25) is 5.91 Å². The molecular formula is C19H23N3O5. The molecule has 0 radical (unpaired) electrons. The molecule has 1 spiro atoms. The maximum absolute atomic E-state index is 12.2. The highest BCUT2D eigenvalue weighted by Gasteiger charge is 2.45. The molecule has 27 heavy (non-hydrogen) atoms. The molecule has 8 nitrogen and oxygen atoms in total. The van der Waals surface area contributed by atoms with Crippen molar-refractivity contribution < 1.29 is 23.9 Å². The van der Waals surface area contributed by atoms with Gasteiger partial charge in [0, 0.05) is 37.6 Å². The minimum absolute atomic E-state index is 0.0214. The minimum Gasteiger partial charge on any atom is -0.448 e. The molecule has 0 bridgehead atoms. The molecule has 2 N–H and O–H groups in total. The van der Waals surface area contributed by atoms with Crippen molar-refractivity contribution in [1.82, 2.24) is 10.2 Å². The van der Waals surface area contributed by atoms with Gasteiger partial charge in [0.15, 0.2) is 11.5 Å². The fraction of sp³-hybridized carbons (Fsp3) is 0.526. The molecule has 1 saturated heterocycles. The predicted octanol–water partition coefficient (Wildman–Crippen LogP) is 2.39. The van der Waals surface area contributed by atoms with E-state index in [-0.39, 0.29) is 24.8 Å². The molecule has 1 aliphatic carbocycles. The third-order valence-corrected chi connectivity index (χ3v) is 5.19. The van der Waals surface area contributed by atoms with Gasteiger partial charge in [0.25, 0.3) is 11.7 Å². The molecular weight excluding hydrogens is 350 g/mol. The zero-order valence-corrected chi connectivity index (χ0v) is 15.5. The van der Waals surface area contributed by atoms with Crippen LogP contribution in [0.2, 0.25) is 0 Å². The molecule has 2 heterocycles. The number of fused-ring (bicyclic) bond motifs is 1. The van der Waals surface area contributed by atoms with Gasteiger partial charge in [-0.3, -0.25) is 14.5 Å². The van der Waals surface area contributed by atoms with Crippen molar-refractivity contribution in [1.29, 1.82) is 0 Å². The predicted molar refractivity (Wildman–Crippen MR) is 96.5 cm³/mol. The first-order valence-electron chi connectivity index (χ1n) is 9.24. The summed E-state index contributed by atoms with van der Waals surface area (Å²) in [5.74, 6) is 0.170. The summed E-state index contributed by atoms with van der Waals surface area (Å²) >= 11 is 0. The number of carbonyl (C=O) groups excluding carboxylic acids is 3. The van der Waals surface area contributed by atoms with E-state index in [1.54, 1.807) is 32.0 Å². The molecule has 0 atom stereocenters. The van der Waals surface area contributed by atoms with Gasteiger partial charge in [-0.05, 0) is 38.8 Å².